The summed E-state index contributed by atoms with van der Waals surface area (Å²) in [7, 11) is 0. The van der Waals surface area contributed by atoms with Crippen molar-refractivity contribution in [3.05, 3.63) is 70.4 Å². The molecule has 1 aromatic heterocycles. The lowest BCUT2D eigenvalue weighted by molar-refractivity contribution is -0.132. The molecule has 0 radical (unpaired) electrons. The lowest BCUT2D eigenvalue weighted by Gasteiger charge is -2.11. The van der Waals surface area contributed by atoms with Gasteiger partial charge in [0.25, 0.3) is 5.78 Å². The van der Waals surface area contributed by atoms with Crippen LogP contribution in [0.1, 0.15) is 15.9 Å². The molecule has 0 unspecified atom stereocenters. The van der Waals surface area contributed by atoms with Crippen molar-refractivity contribution in [1.29, 1.82) is 0 Å². The summed E-state index contributed by atoms with van der Waals surface area (Å²) in [4.78, 5) is 41.4. The first-order valence-electron chi connectivity index (χ1n) is 7.60. The van der Waals surface area contributed by atoms with Crippen LogP contribution in [0.25, 0.3) is 16.5 Å². The van der Waals surface area contributed by atoms with Gasteiger partial charge in [-0.1, -0.05) is 30.3 Å². The van der Waals surface area contributed by atoms with Gasteiger partial charge in [-0.2, -0.15) is 10.2 Å². The lowest BCUT2D eigenvalue weighted by Crippen LogP contribution is -2.42. The fourth-order valence-corrected chi connectivity index (χ4v) is 3.00. The number of hydrogen-bond acceptors (Lipinski definition) is 5. The molecule has 2 aromatic carbocycles. The molecule has 0 N–H and O–H groups in total. The van der Waals surface area contributed by atoms with Gasteiger partial charge in [-0.25, -0.2) is 4.99 Å². The topological polar surface area (TPSA) is 89.4 Å². The highest BCUT2D eigenvalue weighted by Gasteiger charge is 2.30. The molecule has 0 fully saturated rings. The highest BCUT2D eigenvalue weighted by Crippen LogP contribution is 2.14. The first-order valence-corrected chi connectivity index (χ1v) is 7.60. The van der Waals surface area contributed by atoms with Crippen LogP contribution in [0.5, 0.6) is 0 Å². The third-order valence-electron chi connectivity index (χ3n) is 4.14. The molecule has 4 rings (SSSR count). The van der Waals surface area contributed by atoms with Crippen LogP contribution in [0.4, 0.5) is 0 Å². The van der Waals surface area contributed by atoms with Crippen LogP contribution in [-0.4, -0.2) is 27.7 Å². The van der Waals surface area contributed by atoms with Gasteiger partial charge in [0, 0.05) is 16.2 Å². The molecule has 0 bridgehead atoms. The van der Waals surface area contributed by atoms with E-state index in [0.717, 1.165) is 0 Å². The Hall–Kier alpha value is -3.54. The molecule has 1 aliphatic heterocycles. The Labute approximate surface area is 141 Å². The van der Waals surface area contributed by atoms with Gasteiger partial charge in [-0.3, -0.25) is 14.4 Å². The predicted octanol–water partition coefficient (Wildman–Crippen LogP) is 0.701. The summed E-state index contributed by atoms with van der Waals surface area (Å²) < 4.78 is 0. The molecular formula is C19H11N3O3. The number of fused-ring (bicyclic) bond motifs is 3. The molecule has 0 spiro atoms. The zero-order chi connectivity index (χ0) is 17.6. The summed E-state index contributed by atoms with van der Waals surface area (Å²) in [6.07, 6.45) is 1.48. The van der Waals surface area contributed by atoms with Crippen molar-refractivity contribution in [1.82, 2.24) is 10.2 Å². The minimum Gasteiger partial charge on any atom is -0.288 e. The Kier molecular flexibility index (Phi) is 3.32. The van der Waals surface area contributed by atoms with Crippen LogP contribution in [0, 0.1) is 6.92 Å². The third kappa shape index (κ3) is 2.27. The van der Waals surface area contributed by atoms with Crippen molar-refractivity contribution in [2.45, 2.75) is 6.92 Å². The Morgan fingerprint density at radius 1 is 1.04 bits per heavy atom. The van der Waals surface area contributed by atoms with Crippen LogP contribution in [0.3, 0.4) is 0 Å². The van der Waals surface area contributed by atoms with Crippen LogP contribution < -0.4 is 10.6 Å². The average Bonchev–Trinajstić information content (AvgIpc) is 2.63. The van der Waals surface area contributed by atoms with Gasteiger partial charge in [0.2, 0.25) is 0 Å². The molecule has 2 heterocycles. The van der Waals surface area contributed by atoms with E-state index < -0.39 is 17.5 Å². The number of amides is 1. The third-order valence-corrected chi connectivity index (χ3v) is 4.14. The maximum Gasteiger partial charge on any atom is 0.318 e. The highest BCUT2D eigenvalue weighted by atomic mass is 16.2. The summed E-state index contributed by atoms with van der Waals surface area (Å²) in [5, 5.41) is 9.11. The molecule has 6 nitrogen and oxygen atoms in total. The quantitative estimate of drug-likeness (QED) is 0.510. The number of Topliss-reactive ketones (excluding diaryl/α,β-unsaturated/α-hetero) is 2. The summed E-state index contributed by atoms with van der Waals surface area (Å²) in [5.74, 6) is -2.32. The average molecular weight is 329 g/mol. The summed E-state index contributed by atoms with van der Waals surface area (Å²) in [6, 6.07) is 11.8. The van der Waals surface area contributed by atoms with Gasteiger partial charge in [0.1, 0.15) is 0 Å². The number of benzene rings is 2. The van der Waals surface area contributed by atoms with E-state index in [1.807, 2.05) is 0 Å². The Morgan fingerprint density at radius 2 is 1.80 bits per heavy atom. The number of aromatic nitrogens is 2. The number of aryl methyl sites for hydroxylation is 1. The van der Waals surface area contributed by atoms with Crippen LogP contribution in [0.2, 0.25) is 0 Å². The predicted molar refractivity (Wildman–Crippen MR) is 89.3 cm³/mol. The SMILES string of the molecule is Cc1cc2nnccc2c2c1=C(C(=O)c1ccccc1)C(=O)C(=O)N=2. The maximum atomic E-state index is 12.9. The van der Waals surface area contributed by atoms with E-state index in [1.165, 1.54) is 6.20 Å². The van der Waals surface area contributed by atoms with Crippen molar-refractivity contribution in [2.24, 2.45) is 4.99 Å². The number of hydrogen-bond donors (Lipinski definition) is 0. The van der Waals surface area contributed by atoms with Crippen molar-refractivity contribution in [2.75, 3.05) is 0 Å². The zero-order valence-electron chi connectivity index (χ0n) is 13.2. The van der Waals surface area contributed by atoms with E-state index >= 15 is 0 Å². The molecule has 0 saturated carbocycles. The van der Waals surface area contributed by atoms with Crippen molar-refractivity contribution < 1.29 is 14.4 Å². The number of rotatable bonds is 2. The largest absolute Gasteiger partial charge is 0.318 e. The standard InChI is InChI=1S/C19H11N3O3/c1-10-9-13-12(7-8-20-22-13)16-14(10)15(18(24)19(25)21-16)17(23)11-5-3-2-4-6-11/h2-9H,1H3. The maximum absolute atomic E-state index is 12.9. The van der Waals surface area contributed by atoms with Crippen LogP contribution in [0.15, 0.2) is 53.7 Å². The van der Waals surface area contributed by atoms with E-state index in [-0.39, 0.29) is 5.57 Å². The van der Waals surface area contributed by atoms with Crippen molar-refractivity contribution in [3.8, 4) is 0 Å². The number of ketones is 2. The van der Waals surface area contributed by atoms with Crippen molar-refractivity contribution >= 4 is 33.9 Å². The second-order valence-electron chi connectivity index (χ2n) is 5.70. The number of carbonyl (C=O) groups is 3. The Morgan fingerprint density at radius 3 is 2.56 bits per heavy atom. The van der Waals surface area contributed by atoms with Crippen LogP contribution in [-0.2, 0) is 9.59 Å². The molecule has 6 heteroatoms. The molecule has 1 aliphatic rings. The second-order valence-corrected chi connectivity index (χ2v) is 5.70. The van der Waals surface area contributed by atoms with E-state index in [0.29, 0.717) is 32.6 Å². The fraction of sp³-hybridized carbons (Fsp3) is 0.0526. The minimum atomic E-state index is -0.949. The van der Waals surface area contributed by atoms with E-state index in [4.69, 9.17) is 0 Å². The first-order chi connectivity index (χ1) is 12.1. The Bertz CT molecular complexity index is 1200. The second kappa shape index (κ2) is 5.52. The molecule has 0 aliphatic carbocycles. The van der Waals surface area contributed by atoms with Gasteiger partial charge in [0.15, 0.2) is 5.78 Å². The molecule has 3 aromatic rings. The summed E-state index contributed by atoms with van der Waals surface area (Å²) in [6.45, 7) is 1.75. The molecule has 25 heavy (non-hydrogen) atoms. The molecule has 120 valence electrons. The summed E-state index contributed by atoms with van der Waals surface area (Å²) in [5.41, 5.74) is 1.40. The van der Waals surface area contributed by atoms with E-state index in [2.05, 4.69) is 15.2 Å². The van der Waals surface area contributed by atoms with Crippen LogP contribution >= 0.6 is 0 Å². The normalized spacial score (nSPS) is 13.6. The molecule has 0 atom stereocenters. The van der Waals surface area contributed by atoms with E-state index in [1.54, 1.807) is 49.4 Å². The van der Waals surface area contributed by atoms with Gasteiger partial charge in [-0.05, 0) is 24.6 Å². The monoisotopic (exact) mass is 329 g/mol. The number of nitrogens with zero attached hydrogens (tertiary/aromatic N) is 3. The zero-order valence-corrected chi connectivity index (χ0v) is 13.2. The molecule has 1 amide bonds. The first kappa shape index (κ1) is 15.0. The smallest absolute Gasteiger partial charge is 0.288 e. The molecule has 0 saturated heterocycles. The fourth-order valence-electron chi connectivity index (χ4n) is 3.00. The minimum absolute atomic E-state index is 0.141. The van der Waals surface area contributed by atoms with Gasteiger partial charge < -0.3 is 0 Å². The summed E-state index contributed by atoms with van der Waals surface area (Å²) >= 11 is 0. The van der Waals surface area contributed by atoms with Gasteiger partial charge in [-0.15, -0.1) is 0 Å². The van der Waals surface area contributed by atoms with Crippen molar-refractivity contribution in [3.63, 3.8) is 0 Å². The molecular weight excluding hydrogens is 318 g/mol. The van der Waals surface area contributed by atoms with E-state index in [9.17, 15) is 14.4 Å². The Balaban J connectivity index is 2.18. The van der Waals surface area contributed by atoms with Gasteiger partial charge in [0.05, 0.1) is 22.6 Å². The number of carbonyl (C=O) groups excluding carboxylic acids is 3. The highest BCUT2D eigenvalue weighted by molar-refractivity contribution is 6.63. The van der Waals surface area contributed by atoms with Gasteiger partial charge >= 0.3 is 5.91 Å². The lowest BCUT2D eigenvalue weighted by atomic mass is 9.92.